The Labute approximate surface area is 105 Å². The molecule has 4 nitrogen and oxygen atoms in total. The fourth-order valence-electron chi connectivity index (χ4n) is 1.70. The summed E-state index contributed by atoms with van der Waals surface area (Å²) in [6.45, 7) is 3.93. The molecule has 2 N–H and O–H groups in total. The Bertz CT molecular complexity index is 594. The van der Waals surface area contributed by atoms with Gasteiger partial charge in [0.15, 0.2) is 0 Å². The Morgan fingerprint density at radius 2 is 2.00 bits per heavy atom. The molecule has 0 bridgehead atoms. The van der Waals surface area contributed by atoms with Gasteiger partial charge in [-0.2, -0.15) is 0 Å². The molecule has 2 rings (SSSR count). The molecule has 0 aliphatic rings. The number of anilines is 1. The number of benzene rings is 1. The fourth-order valence-corrected chi connectivity index (χ4v) is 1.70. The summed E-state index contributed by atoms with van der Waals surface area (Å²) in [6, 6.07) is 7.17. The number of amides is 1. The fraction of sp³-hybridized carbons (Fsp3) is 0.143. The Balaban J connectivity index is 2.21. The highest BCUT2D eigenvalue weighted by atomic mass is 16.3. The Morgan fingerprint density at radius 1 is 1.22 bits per heavy atom. The highest BCUT2D eigenvalue weighted by Gasteiger charge is 2.08. The molecule has 1 heterocycles. The molecule has 18 heavy (non-hydrogen) atoms. The molecule has 0 aliphatic carbocycles. The summed E-state index contributed by atoms with van der Waals surface area (Å²) in [6.07, 6.45) is 2.70. The van der Waals surface area contributed by atoms with Crippen LogP contribution >= 0.6 is 0 Å². The SMILES string of the molecule is Cc1ccc(NC(=O)c2cncc(O)c2)c(C)c1. The van der Waals surface area contributed by atoms with Gasteiger partial charge in [0.05, 0.1) is 11.8 Å². The molecule has 0 saturated heterocycles. The molecular formula is C14H14N2O2. The van der Waals surface area contributed by atoms with Crippen LogP contribution in [-0.4, -0.2) is 16.0 Å². The average molecular weight is 242 g/mol. The first-order valence-electron chi connectivity index (χ1n) is 5.59. The van der Waals surface area contributed by atoms with Crippen molar-refractivity contribution < 1.29 is 9.90 Å². The van der Waals surface area contributed by atoms with Gasteiger partial charge in [-0.3, -0.25) is 9.78 Å². The zero-order valence-corrected chi connectivity index (χ0v) is 10.3. The minimum atomic E-state index is -0.287. The van der Waals surface area contributed by atoms with Crippen LogP contribution < -0.4 is 5.32 Å². The zero-order chi connectivity index (χ0) is 13.1. The molecule has 2 aromatic rings. The van der Waals surface area contributed by atoms with E-state index >= 15 is 0 Å². The van der Waals surface area contributed by atoms with Gasteiger partial charge in [-0.05, 0) is 31.5 Å². The maximum absolute atomic E-state index is 11.9. The highest BCUT2D eigenvalue weighted by molar-refractivity contribution is 6.04. The Kier molecular flexibility index (Phi) is 3.28. The van der Waals surface area contributed by atoms with E-state index in [2.05, 4.69) is 10.3 Å². The summed E-state index contributed by atoms with van der Waals surface area (Å²) in [5.74, 6) is -0.311. The third-order valence-corrected chi connectivity index (χ3v) is 2.62. The van der Waals surface area contributed by atoms with Crippen LogP contribution in [0.15, 0.2) is 36.7 Å². The van der Waals surface area contributed by atoms with Gasteiger partial charge in [0.2, 0.25) is 0 Å². The van der Waals surface area contributed by atoms with Crippen molar-refractivity contribution >= 4 is 11.6 Å². The number of carbonyl (C=O) groups excluding carboxylic acids is 1. The van der Waals surface area contributed by atoms with Crippen LogP contribution in [0.1, 0.15) is 21.5 Å². The molecule has 0 spiro atoms. The second kappa shape index (κ2) is 4.87. The lowest BCUT2D eigenvalue weighted by atomic mass is 10.1. The van der Waals surface area contributed by atoms with Gasteiger partial charge in [-0.1, -0.05) is 17.7 Å². The third kappa shape index (κ3) is 2.66. The van der Waals surface area contributed by atoms with Gasteiger partial charge in [-0.15, -0.1) is 0 Å². The van der Waals surface area contributed by atoms with Crippen LogP contribution in [0.5, 0.6) is 5.75 Å². The lowest BCUT2D eigenvalue weighted by molar-refractivity contribution is 0.102. The van der Waals surface area contributed by atoms with Gasteiger partial charge in [0.1, 0.15) is 5.75 Å². The van der Waals surface area contributed by atoms with Crippen molar-refractivity contribution in [3.05, 3.63) is 53.3 Å². The van der Waals surface area contributed by atoms with Crippen molar-refractivity contribution in [2.45, 2.75) is 13.8 Å². The third-order valence-electron chi connectivity index (χ3n) is 2.62. The summed E-state index contributed by atoms with van der Waals surface area (Å²) >= 11 is 0. The van der Waals surface area contributed by atoms with E-state index in [1.807, 2.05) is 32.0 Å². The van der Waals surface area contributed by atoms with E-state index in [1.165, 1.54) is 18.5 Å². The van der Waals surface area contributed by atoms with E-state index in [4.69, 9.17) is 0 Å². The van der Waals surface area contributed by atoms with Crippen molar-refractivity contribution in [3.63, 3.8) is 0 Å². The Hall–Kier alpha value is -2.36. The molecule has 0 aliphatic heterocycles. The monoisotopic (exact) mass is 242 g/mol. The van der Waals surface area contributed by atoms with Crippen molar-refractivity contribution in [2.24, 2.45) is 0 Å². The van der Waals surface area contributed by atoms with Crippen LogP contribution in [0.25, 0.3) is 0 Å². The van der Waals surface area contributed by atoms with E-state index in [0.29, 0.717) is 5.56 Å². The molecule has 0 unspecified atom stereocenters. The van der Waals surface area contributed by atoms with Gasteiger partial charge in [0, 0.05) is 11.9 Å². The molecule has 1 amide bonds. The molecule has 92 valence electrons. The van der Waals surface area contributed by atoms with E-state index in [9.17, 15) is 9.90 Å². The number of hydrogen-bond donors (Lipinski definition) is 2. The number of nitrogens with one attached hydrogen (secondary N) is 1. The van der Waals surface area contributed by atoms with Gasteiger partial charge in [-0.25, -0.2) is 0 Å². The maximum atomic E-state index is 11.9. The average Bonchev–Trinajstić information content (AvgIpc) is 2.32. The van der Waals surface area contributed by atoms with Crippen molar-refractivity contribution in [1.29, 1.82) is 0 Å². The van der Waals surface area contributed by atoms with Gasteiger partial charge < -0.3 is 10.4 Å². The number of pyridine rings is 1. The first-order chi connectivity index (χ1) is 8.56. The number of nitrogens with zero attached hydrogens (tertiary/aromatic N) is 1. The van der Waals surface area contributed by atoms with Crippen molar-refractivity contribution in [2.75, 3.05) is 5.32 Å². The molecule has 0 atom stereocenters. The van der Waals surface area contributed by atoms with Crippen molar-refractivity contribution in [3.8, 4) is 5.75 Å². The van der Waals surface area contributed by atoms with Crippen LogP contribution in [0.2, 0.25) is 0 Å². The van der Waals surface area contributed by atoms with Crippen LogP contribution in [-0.2, 0) is 0 Å². The summed E-state index contributed by atoms with van der Waals surface area (Å²) in [7, 11) is 0. The van der Waals surface area contributed by atoms with Gasteiger partial charge in [0.25, 0.3) is 5.91 Å². The van der Waals surface area contributed by atoms with Crippen LogP contribution in [0.4, 0.5) is 5.69 Å². The van der Waals surface area contributed by atoms with E-state index < -0.39 is 0 Å². The molecule has 0 fully saturated rings. The van der Waals surface area contributed by atoms with Crippen LogP contribution in [0, 0.1) is 13.8 Å². The largest absolute Gasteiger partial charge is 0.506 e. The van der Waals surface area contributed by atoms with E-state index in [1.54, 1.807) is 0 Å². The summed E-state index contributed by atoms with van der Waals surface area (Å²) < 4.78 is 0. The summed E-state index contributed by atoms with van der Waals surface area (Å²) in [5, 5.41) is 12.1. The minimum Gasteiger partial charge on any atom is -0.506 e. The molecular weight excluding hydrogens is 228 g/mol. The number of aromatic nitrogens is 1. The molecule has 1 aromatic carbocycles. The summed E-state index contributed by atoms with van der Waals surface area (Å²) in [5.41, 5.74) is 3.23. The minimum absolute atomic E-state index is 0.0247. The number of carbonyl (C=O) groups is 1. The van der Waals surface area contributed by atoms with Crippen LogP contribution in [0.3, 0.4) is 0 Å². The Morgan fingerprint density at radius 3 is 2.67 bits per heavy atom. The normalized spacial score (nSPS) is 10.1. The molecule has 0 saturated carbocycles. The number of hydrogen-bond acceptors (Lipinski definition) is 3. The smallest absolute Gasteiger partial charge is 0.257 e. The standard InChI is InChI=1S/C14H14N2O2/c1-9-3-4-13(10(2)5-9)16-14(18)11-6-12(17)8-15-7-11/h3-8,17H,1-2H3,(H,16,18). The first-order valence-corrected chi connectivity index (χ1v) is 5.59. The predicted octanol–water partition coefficient (Wildman–Crippen LogP) is 2.66. The number of aryl methyl sites for hydroxylation is 2. The second-order valence-corrected chi connectivity index (χ2v) is 4.20. The number of rotatable bonds is 2. The lowest BCUT2D eigenvalue weighted by Crippen LogP contribution is -2.12. The molecule has 4 heteroatoms. The topological polar surface area (TPSA) is 62.2 Å². The van der Waals surface area contributed by atoms with E-state index in [-0.39, 0.29) is 11.7 Å². The zero-order valence-electron chi connectivity index (χ0n) is 10.3. The van der Waals surface area contributed by atoms with Crippen molar-refractivity contribution in [1.82, 2.24) is 4.98 Å². The molecule has 1 aromatic heterocycles. The maximum Gasteiger partial charge on any atom is 0.257 e. The summed E-state index contributed by atoms with van der Waals surface area (Å²) in [4.78, 5) is 15.7. The molecule has 0 radical (unpaired) electrons. The first kappa shape index (κ1) is 12.1. The number of aromatic hydroxyl groups is 1. The predicted molar refractivity (Wildman–Crippen MR) is 69.8 cm³/mol. The van der Waals surface area contributed by atoms with E-state index in [0.717, 1.165) is 16.8 Å². The van der Waals surface area contributed by atoms with Gasteiger partial charge >= 0.3 is 0 Å². The quantitative estimate of drug-likeness (QED) is 0.851. The highest BCUT2D eigenvalue weighted by Crippen LogP contribution is 2.17. The lowest BCUT2D eigenvalue weighted by Gasteiger charge is -2.09. The second-order valence-electron chi connectivity index (χ2n) is 4.20.